The molecule has 1 rings (SSSR count). The van der Waals surface area contributed by atoms with Crippen LogP contribution in [0.3, 0.4) is 0 Å². The minimum Gasteiger partial charge on any atom is -0.481 e. The van der Waals surface area contributed by atoms with Gasteiger partial charge in [0, 0.05) is 19.2 Å². The summed E-state index contributed by atoms with van der Waals surface area (Å²) >= 11 is 0. The van der Waals surface area contributed by atoms with Crippen LogP contribution in [0.4, 0.5) is 0 Å². The van der Waals surface area contributed by atoms with Gasteiger partial charge >= 0.3 is 5.97 Å². The molecular formula is C16H23NO3. The maximum Gasteiger partial charge on any atom is 0.308 e. The minimum absolute atomic E-state index is 0.133. The van der Waals surface area contributed by atoms with Crippen LogP contribution in [-0.4, -0.2) is 35.5 Å². The molecule has 1 amide bonds. The van der Waals surface area contributed by atoms with E-state index in [2.05, 4.69) is 20.8 Å². The van der Waals surface area contributed by atoms with Gasteiger partial charge in [0.15, 0.2) is 0 Å². The van der Waals surface area contributed by atoms with E-state index in [4.69, 9.17) is 5.11 Å². The quantitative estimate of drug-likeness (QED) is 0.920. The predicted molar refractivity (Wildman–Crippen MR) is 78.9 cm³/mol. The van der Waals surface area contributed by atoms with Crippen molar-refractivity contribution in [1.82, 2.24) is 4.90 Å². The zero-order chi connectivity index (χ0) is 15.5. The highest BCUT2D eigenvalue weighted by atomic mass is 16.4. The Kier molecular flexibility index (Phi) is 4.93. The number of carbonyl (C=O) groups is 2. The maximum atomic E-state index is 12.5. The lowest BCUT2D eigenvalue weighted by atomic mass is 9.83. The lowest BCUT2D eigenvalue weighted by Gasteiger charge is -2.26. The van der Waals surface area contributed by atoms with Crippen LogP contribution in [-0.2, 0) is 10.2 Å². The van der Waals surface area contributed by atoms with Crippen LogP contribution >= 0.6 is 0 Å². The molecule has 1 unspecified atom stereocenters. The lowest BCUT2D eigenvalue weighted by Crippen LogP contribution is -2.35. The largest absolute Gasteiger partial charge is 0.481 e. The van der Waals surface area contributed by atoms with Gasteiger partial charge in [-0.25, -0.2) is 0 Å². The molecule has 4 nitrogen and oxygen atoms in total. The molecule has 0 saturated carbocycles. The van der Waals surface area contributed by atoms with E-state index in [9.17, 15) is 9.59 Å². The molecule has 1 aromatic rings. The molecule has 4 heteroatoms. The van der Waals surface area contributed by atoms with Gasteiger partial charge in [-0.2, -0.15) is 0 Å². The van der Waals surface area contributed by atoms with E-state index >= 15 is 0 Å². The average molecular weight is 277 g/mol. The first kappa shape index (κ1) is 16.2. The Balaban J connectivity index is 3.01. The van der Waals surface area contributed by atoms with E-state index in [1.54, 1.807) is 20.0 Å². The Morgan fingerprint density at radius 3 is 2.30 bits per heavy atom. The van der Waals surface area contributed by atoms with Gasteiger partial charge in [-0.05, 0) is 17.0 Å². The monoisotopic (exact) mass is 277 g/mol. The van der Waals surface area contributed by atoms with Crippen molar-refractivity contribution in [1.29, 1.82) is 0 Å². The Bertz CT molecular complexity index is 503. The number of nitrogens with zero attached hydrogens (tertiary/aromatic N) is 1. The van der Waals surface area contributed by atoms with Crippen LogP contribution in [0.15, 0.2) is 24.3 Å². The minimum atomic E-state index is -0.895. The number of hydrogen-bond acceptors (Lipinski definition) is 2. The second kappa shape index (κ2) is 6.07. The number of carbonyl (C=O) groups excluding carboxylic acids is 1. The van der Waals surface area contributed by atoms with Gasteiger partial charge in [0.25, 0.3) is 5.91 Å². The zero-order valence-electron chi connectivity index (χ0n) is 12.8. The third-order valence-corrected chi connectivity index (χ3v) is 3.28. The zero-order valence-corrected chi connectivity index (χ0v) is 12.8. The first-order valence-corrected chi connectivity index (χ1v) is 6.72. The molecule has 0 bridgehead atoms. The second-order valence-electron chi connectivity index (χ2n) is 6.22. The first-order chi connectivity index (χ1) is 9.14. The Labute approximate surface area is 120 Å². The van der Waals surface area contributed by atoms with Gasteiger partial charge < -0.3 is 10.0 Å². The molecule has 1 atom stereocenters. The molecular weight excluding hydrogens is 254 g/mol. The molecule has 0 spiro atoms. The fourth-order valence-corrected chi connectivity index (χ4v) is 2.10. The van der Waals surface area contributed by atoms with Crippen molar-refractivity contribution in [3.8, 4) is 0 Å². The van der Waals surface area contributed by atoms with Gasteiger partial charge in [0.2, 0.25) is 0 Å². The van der Waals surface area contributed by atoms with Crippen LogP contribution in [0, 0.1) is 5.92 Å². The molecule has 1 N–H and O–H groups in total. The second-order valence-corrected chi connectivity index (χ2v) is 6.22. The highest BCUT2D eigenvalue weighted by Gasteiger charge is 2.24. The van der Waals surface area contributed by atoms with E-state index in [0.717, 1.165) is 5.56 Å². The van der Waals surface area contributed by atoms with Gasteiger partial charge in [-0.15, -0.1) is 0 Å². The number of benzene rings is 1. The molecule has 110 valence electrons. The van der Waals surface area contributed by atoms with Crippen molar-refractivity contribution < 1.29 is 14.7 Å². The third kappa shape index (κ3) is 3.83. The van der Waals surface area contributed by atoms with Crippen LogP contribution in [0.25, 0.3) is 0 Å². The van der Waals surface area contributed by atoms with E-state index in [1.807, 2.05) is 18.2 Å². The summed E-state index contributed by atoms with van der Waals surface area (Å²) < 4.78 is 0. The molecule has 0 fully saturated rings. The van der Waals surface area contributed by atoms with Crippen LogP contribution in [0.1, 0.15) is 43.6 Å². The number of rotatable bonds is 4. The summed E-state index contributed by atoms with van der Waals surface area (Å²) in [5.41, 5.74) is 1.48. The molecule has 0 radical (unpaired) electrons. The van der Waals surface area contributed by atoms with E-state index in [0.29, 0.717) is 5.56 Å². The van der Waals surface area contributed by atoms with Crippen molar-refractivity contribution in [2.45, 2.75) is 33.1 Å². The van der Waals surface area contributed by atoms with E-state index in [1.165, 1.54) is 4.90 Å². The van der Waals surface area contributed by atoms with Gasteiger partial charge in [-0.1, -0.05) is 45.9 Å². The summed E-state index contributed by atoms with van der Waals surface area (Å²) in [7, 11) is 1.64. The standard InChI is InChI=1S/C16H23NO3/c1-11(15(19)20)10-17(5)14(18)12-8-6-7-9-13(12)16(2,3)4/h6-9,11H,10H2,1-5H3,(H,19,20). The Morgan fingerprint density at radius 1 is 1.25 bits per heavy atom. The highest BCUT2D eigenvalue weighted by molar-refractivity contribution is 5.96. The average Bonchev–Trinajstić information content (AvgIpc) is 2.36. The third-order valence-electron chi connectivity index (χ3n) is 3.28. The first-order valence-electron chi connectivity index (χ1n) is 6.72. The summed E-state index contributed by atoms with van der Waals surface area (Å²) in [6.45, 7) is 7.96. The topological polar surface area (TPSA) is 57.6 Å². The van der Waals surface area contributed by atoms with Crippen molar-refractivity contribution in [2.75, 3.05) is 13.6 Å². The van der Waals surface area contributed by atoms with Crippen LogP contribution < -0.4 is 0 Å². The molecule has 0 aromatic heterocycles. The SMILES string of the molecule is CC(CN(C)C(=O)c1ccccc1C(C)(C)C)C(=O)O. The van der Waals surface area contributed by atoms with Crippen molar-refractivity contribution in [3.63, 3.8) is 0 Å². The predicted octanol–water partition coefficient (Wildman–Crippen LogP) is 2.78. The molecule has 20 heavy (non-hydrogen) atoms. The van der Waals surface area contributed by atoms with E-state index in [-0.39, 0.29) is 17.9 Å². The number of aliphatic carboxylic acids is 1. The number of hydrogen-bond donors (Lipinski definition) is 1. The van der Waals surface area contributed by atoms with Crippen molar-refractivity contribution in [2.24, 2.45) is 5.92 Å². The summed E-state index contributed by atoms with van der Waals surface area (Å²) in [4.78, 5) is 24.9. The molecule has 0 aliphatic carbocycles. The van der Waals surface area contributed by atoms with Crippen LogP contribution in [0.2, 0.25) is 0 Å². The maximum absolute atomic E-state index is 12.5. The Morgan fingerprint density at radius 2 is 1.80 bits per heavy atom. The smallest absolute Gasteiger partial charge is 0.308 e. The van der Waals surface area contributed by atoms with Crippen molar-refractivity contribution >= 4 is 11.9 Å². The highest BCUT2D eigenvalue weighted by Crippen LogP contribution is 2.26. The Hall–Kier alpha value is -1.84. The van der Waals surface area contributed by atoms with Gasteiger partial charge in [-0.3, -0.25) is 9.59 Å². The normalized spacial score (nSPS) is 12.8. The molecule has 0 saturated heterocycles. The number of carboxylic acid groups (broad SMARTS) is 1. The molecule has 0 aliphatic rings. The summed E-state index contributed by atoms with van der Waals surface area (Å²) in [6, 6.07) is 7.49. The fourth-order valence-electron chi connectivity index (χ4n) is 2.10. The molecule has 1 aromatic carbocycles. The number of carboxylic acids is 1. The fraction of sp³-hybridized carbons (Fsp3) is 0.500. The number of amides is 1. The summed E-state index contributed by atoms with van der Waals surface area (Å²) in [5, 5.41) is 8.93. The van der Waals surface area contributed by atoms with Crippen molar-refractivity contribution in [3.05, 3.63) is 35.4 Å². The van der Waals surface area contributed by atoms with Crippen LogP contribution in [0.5, 0.6) is 0 Å². The van der Waals surface area contributed by atoms with Gasteiger partial charge in [0.1, 0.15) is 0 Å². The molecule has 0 aliphatic heterocycles. The van der Waals surface area contributed by atoms with Gasteiger partial charge in [0.05, 0.1) is 5.92 Å². The summed E-state index contributed by atoms with van der Waals surface area (Å²) in [5.74, 6) is -1.61. The molecule has 0 heterocycles. The van der Waals surface area contributed by atoms with E-state index < -0.39 is 11.9 Å². The lowest BCUT2D eigenvalue weighted by molar-refractivity contribution is -0.141. The summed E-state index contributed by atoms with van der Waals surface area (Å²) in [6.07, 6.45) is 0.